The number of halogens is 1. The van der Waals surface area contributed by atoms with Gasteiger partial charge in [0, 0.05) is 6.07 Å². The summed E-state index contributed by atoms with van der Waals surface area (Å²) in [7, 11) is 0. The summed E-state index contributed by atoms with van der Waals surface area (Å²) < 4.78 is 5.66. The molecule has 1 aliphatic rings. The standard InChI is InChI=1S/C10H13ClN2O/c11-7-8-5-6-10(13-12-8)14-9-3-1-2-4-9/h5-6,9H,1-4,7H2. The largest absolute Gasteiger partial charge is 0.473 e. The molecule has 0 atom stereocenters. The Kier molecular flexibility index (Phi) is 3.19. The van der Waals surface area contributed by atoms with E-state index in [-0.39, 0.29) is 0 Å². The van der Waals surface area contributed by atoms with E-state index in [0.29, 0.717) is 17.9 Å². The number of alkyl halides is 1. The fraction of sp³-hybridized carbons (Fsp3) is 0.600. The highest BCUT2D eigenvalue weighted by Gasteiger charge is 2.16. The van der Waals surface area contributed by atoms with E-state index in [1.807, 2.05) is 12.1 Å². The zero-order valence-electron chi connectivity index (χ0n) is 7.95. The predicted octanol–water partition coefficient (Wildman–Crippen LogP) is 2.54. The summed E-state index contributed by atoms with van der Waals surface area (Å²) in [4.78, 5) is 0. The van der Waals surface area contributed by atoms with Gasteiger partial charge < -0.3 is 4.74 Å². The molecule has 0 N–H and O–H groups in total. The highest BCUT2D eigenvalue weighted by molar-refractivity contribution is 6.16. The molecule has 3 nitrogen and oxygen atoms in total. The van der Waals surface area contributed by atoms with E-state index in [4.69, 9.17) is 16.3 Å². The zero-order valence-corrected chi connectivity index (χ0v) is 8.70. The SMILES string of the molecule is ClCc1ccc(OC2CCCC2)nn1. The van der Waals surface area contributed by atoms with Crippen molar-refractivity contribution in [2.24, 2.45) is 0 Å². The van der Waals surface area contributed by atoms with Crippen LogP contribution in [0.1, 0.15) is 31.4 Å². The van der Waals surface area contributed by atoms with Crippen molar-refractivity contribution in [2.75, 3.05) is 0 Å². The van der Waals surface area contributed by atoms with E-state index in [0.717, 1.165) is 18.5 Å². The number of rotatable bonds is 3. The third-order valence-corrected chi connectivity index (χ3v) is 2.70. The highest BCUT2D eigenvalue weighted by atomic mass is 35.5. The number of aromatic nitrogens is 2. The smallest absolute Gasteiger partial charge is 0.233 e. The zero-order chi connectivity index (χ0) is 9.80. The van der Waals surface area contributed by atoms with E-state index in [1.165, 1.54) is 12.8 Å². The van der Waals surface area contributed by atoms with Gasteiger partial charge in [-0.25, -0.2) is 0 Å². The normalized spacial score (nSPS) is 17.2. The van der Waals surface area contributed by atoms with Gasteiger partial charge in [0.1, 0.15) is 6.10 Å². The minimum Gasteiger partial charge on any atom is -0.473 e. The first-order valence-corrected chi connectivity index (χ1v) is 5.47. The maximum absolute atomic E-state index is 5.66. The minimum atomic E-state index is 0.339. The van der Waals surface area contributed by atoms with Gasteiger partial charge >= 0.3 is 0 Å². The van der Waals surface area contributed by atoms with Crippen LogP contribution in [0.2, 0.25) is 0 Å². The van der Waals surface area contributed by atoms with E-state index in [2.05, 4.69) is 10.2 Å². The lowest BCUT2D eigenvalue weighted by Crippen LogP contribution is -2.12. The summed E-state index contributed by atoms with van der Waals surface area (Å²) in [6, 6.07) is 3.69. The van der Waals surface area contributed by atoms with Gasteiger partial charge in [0.2, 0.25) is 5.88 Å². The topological polar surface area (TPSA) is 35.0 Å². The summed E-state index contributed by atoms with van der Waals surface area (Å²) >= 11 is 5.61. The van der Waals surface area contributed by atoms with Crippen LogP contribution in [-0.2, 0) is 5.88 Å². The van der Waals surface area contributed by atoms with Crippen molar-refractivity contribution in [3.05, 3.63) is 17.8 Å². The third kappa shape index (κ3) is 2.35. The van der Waals surface area contributed by atoms with Crippen LogP contribution in [0.15, 0.2) is 12.1 Å². The minimum absolute atomic E-state index is 0.339. The maximum Gasteiger partial charge on any atom is 0.233 e. The summed E-state index contributed by atoms with van der Waals surface area (Å²) in [5, 5.41) is 7.89. The van der Waals surface area contributed by atoms with Crippen LogP contribution >= 0.6 is 11.6 Å². The number of ether oxygens (including phenoxy) is 1. The van der Waals surface area contributed by atoms with Crippen molar-refractivity contribution in [2.45, 2.75) is 37.7 Å². The monoisotopic (exact) mass is 212 g/mol. The van der Waals surface area contributed by atoms with Gasteiger partial charge in [-0.2, -0.15) is 5.10 Å². The van der Waals surface area contributed by atoms with Crippen LogP contribution in [0.4, 0.5) is 0 Å². The number of hydrogen-bond acceptors (Lipinski definition) is 3. The molecule has 1 saturated carbocycles. The van der Waals surface area contributed by atoms with E-state index >= 15 is 0 Å². The Hall–Kier alpha value is -0.830. The molecular weight excluding hydrogens is 200 g/mol. The fourth-order valence-corrected chi connectivity index (χ4v) is 1.80. The third-order valence-electron chi connectivity index (χ3n) is 2.42. The lowest BCUT2D eigenvalue weighted by molar-refractivity contribution is 0.199. The quantitative estimate of drug-likeness (QED) is 0.723. The van der Waals surface area contributed by atoms with Crippen LogP contribution in [0.25, 0.3) is 0 Å². The van der Waals surface area contributed by atoms with Gasteiger partial charge in [-0.3, -0.25) is 0 Å². The highest BCUT2D eigenvalue weighted by Crippen LogP contribution is 2.22. The molecule has 1 aromatic rings. The van der Waals surface area contributed by atoms with E-state index < -0.39 is 0 Å². The molecule has 1 fully saturated rings. The Morgan fingerprint density at radius 1 is 1.29 bits per heavy atom. The van der Waals surface area contributed by atoms with Gasteiger partial charge in [-0.15, -0.1) is 16.7 Å². The molecule has 14 heavy (non-hydrogen) atoms. The van der Waals surface area contributed by atoms with Crippen molar-refractivity contribution >= 4 is 11.6 Å². The molecule has 0 aromatic carbocycles. The summed E-state index contributed by atoms with van der Waals surface area (Å²) in [6.07, 6.45) is 5.14. The van der Waals surface area contributed by atoms with Crippen LogP contribution in [0, 0.1) is 0 Å². The Bertz CT molecular complexity index is 283. The average Bonchev–Trinajstić information content (AvgIpc) is 2.72. The summed E-state index contributed by atoms with van der Waals surface area (Å²) in [5.74, 6) is 1.02. The first-order chi connectivity index (χ1) is 6.88. The Labute approximate surface area is 88.4 Å². The molecular formula is C10H13ClN2O. The van der Waals surface area contributed by atoms with Crippen molar-refractivity contribution < 1.29 is 4.74 Å². The van der Waals surface area contributed by atoms with E-state index in [1.54, 1.807) is 0 Å². The second kappa shape index (κ2) is 4.60. The van der Waals surface area contributed by atoms with Gasteiger partial charge in [0.25, 0.3) is 0 Å². The van der Waals surface area contributed by atoms with Crippen LogP contribution in [-0.4, -0.2) is 16.3 Å². The van der Waals surface area contributed by atoms with Gasteiger partial charge in [0.05, 0.1) is 11.6 Å². The van der Waals surface area contributed by atoms with Crippen LogP contribution in [0.5, 0.6) is 5.88 Å². The predicted molar refractivity (Wildman–Crippen MR) is 54.5 cm³/mol. The van der Waals surface area contributed by atoms with Crippen LogP contribution < -0.4 is 4.74 Å². The number of hydrogen-bond donors (Lipinski definition) is 0. The second-order valence-electron chi connectivity index (χ2n) is 3.52. The van der Waals surface area contributed by atoms with Crippen molar-refractivity contribution in [3.8, 4) is 5.88 Å². The Balaban J connectivity index is 1.95. The van der Waals surface area contributed by atoms with E-state index in [9.17, 15) is 0 Å². The van der Waals surface area contributed by atoms with Crippen molar-refractivity contribution in [3.63, 3.8) is 0 Å². The molecule has 0 amide bonds. The Morgan fingerprint density at radius 3 is 2.64 bits per heavy atom. The molecule has 1 aliphatic carbocycles. The van der Waals surface area contributed by atoms with Gasteiger partial charge in [-0.05, 0) is 31.7 Å². The molecule has 1 aromatic heterocycles. The molecule has 0 radical (unpaired) electrons. The molecule has 0 spiro atoms. The summed E-state index contributed by atoms with van der Waals surface area (Å²) in [6.45, 7) is 0. The second-order valence-corrected chi connectivity index (χ2v) is 3.79. The summed E-state index contributed by atoms with van der Waals surface area (Å²) in [5.41, 5.74) is 0.783. The first-order valence-electron chi connectivity index (χ1n) is 4.94. The average molecular weight is 213 g/mol. The molecule has 0 aliphatic heterocycles. The van der Waals surface area contributed by atoms with Gasteiger partial charge in [0.15, 0.2) is 0 Å². The van der Waals surface area contributed by atoms with Crippen LogP contribution in [0.3, 0.4) is 0 Å². The van der Waals surface area contributed by atoms with Crippen molar-refractivity contribution in [1.82, 2.24) is 10.2 Å². The molecule has 0 unspecified atom stereocenters. The Morgan fingerprint density at radius 2 is 2.07 bits per heavy atom. The first kappa shape index (κ1) is 9.71. The molecule has 4 heteroatoms. The lowest BCUT2D eigenvalue weighted by atomic mass is 10.3. The van der Waals surface area contributed by atoms with Gasteiger partial charge in [-0.1, -0.05) is 0 Å². The molecule has 76 valence electrons. The van der Waals surface area contributed by atoms with Crippen molar-refractivity contribution in [1.29, 1.82) is 0 Å². The lowest BCUT2D eigenvalue weighted by Gasteiger charge is -2.10. The molecule has 2 rings (SSSR count). The maximum atomic E-state index is 5.66. The molecule has 1 heterocycles. The number of nitrogens with zero attached hydrogens (tertiary/aromatic N) is 2. The fourth-order valence-electron chi connectivity index (χ4n) is 1.66. The molecule has 0 bridgehead atoms. The molecule has 0 saturated heterocycles.